The Hall–Kier alpha value is -3.48. The Bertz CT molecular complexity index is 922. The van der Waals surface area contributed by atoms with E-state index >= 15 is 0 Å². The average molecular weight is 363 g/mol. The fraction of sp³-hybridized carbons (Fsp3) is 0.200. The summed E-state index contributed by atoms with van der Waals surface area (Å²) in [5, 5.41) is 10.0. The first-order valence-electron chi connectivity index (χ1n) is 8.74. The van der Waals surface area contributed by atoms with Gasteiger partial charge in [0.15, 0.2) is 0 Å². The second-order valence-electron chi connectivity index (χ2n) is 6.00. The van der Waals surface area contributed by atoms with Crippen molar-refractivity contribution in [2.24, 2.45) is 0 Å². The SMILES string of the molecule is CCNC(=O)[C@H](C)NC(=O)c1cn(-c2ccccc2)nc1-c1cccnc1. The van der Waals surface area contributed by atoms with Crippen molar-refractivity contribution in [3.8, 4) is 16.9 Å². The van der Waals surface area contributed by atoms with E-state index in [-0.39, 0.29) is 11.8 Å². The molecule has 1 aromatic carbocycles. The molecule has 1 atom stereocenters. The summed E-state index contributed by atoms with van der Waals surface area (Å²) in [5.74, 6) is -0.598. The molecular weight excluding hydrogens is 342 g/mol. The maximum absolute atomic E-state index is 12.8. The molecule has 27 heavy (non-hydrogen) atoms. The number of carbonyl (C=O) groups is 2. The molecule has 0 aliphatic rings. The van der Waals surface area contributed by atoms with Gasteiger partial charge in [-0.15, -0.1) is 0 Å². The van der Waals surface area contributed by atoms with Gasteiger partial charge in [0.05, 0.1) is 11.3 Å². The zero-order valence-corrected chi connectivity index (χ0v) is 15.2. The molecular formula is C20H21N5O2. The third kappa shape index (κ3) is 4.20. The van der Waals surface area contributed by atoms with Gasteiger partial charge in [0.1, 0.15) is 11.7 Å². The topological polar surface area (TPSA) is 88.9 Å². The zero-order chi connectivity index (χ0) is 19.2. The highest BCUT2D eigenvalue weighted by Crippen LogP contribution is 2.23. The largest absolute Gasteiger partial charge is 0.355 e. The van der Waals surface area contributed by atoms with Gasteiger partial charge in [0.25, 0.3) is 5.91 Å². The smallest absolute Gasteiger partial charge is 0.255 e. The van der Waals surface area contributed by atoms with Crippen LogP contribution in [0.3, 0.4) is 0 Å². The molecule has 3 aromatic rings. The highest BCUT2D eigenvalue weighted by atomic mass is 16.2. The fourth-order valence-corrected chi connectivity index (χ4v) is 2.64. The number of amides is 2. The third-order valence-electron chi connectivity index (χ3n) is 4.01. The van der Waals surface area contributed by atoms with Gasteiger partial charge < -0.3 is 10.6 Å². The molecule has 2 amide bonds. The lowest BCUT2D eigenvalue weighted by atomic mass is 10.1. The van der Waals surface area contributed by atoms with Crippen LogP contribution in [-0.4, -0.2) is 39.2 Å². The van der Waals surface area contributed by atoms with Crippen LogP contribution in [-0.2, 0) is 4.79 Å². The molecule has 0 fully saturated rings. The second-order valence-corrected chi connectivity index (χ2v) is 6.00. The molecule has 0 radical (unpaired) electrons. The molecule has 7 heteroatoms. The van der Waals surface area contributed by atoms with Gasteiger partial charge in [-0.3, -0.25) is 14.6 Å². The normalized spacial score (nSPS) is 11.6. The molecule has 0 aliphatic carbocycles. The summed E-state index contributed by atoms with van der Waals surface area (Å²) < 4.78 is 1.65. The molecule has 0 unspecified atom stereocenters. The lowest BCUT2D eigenvalue weighted by Crippen LogP contribution is -2.44. The first-order chi connectivity index (χ1) is 13.1. The van der Waals surface area contributed by atoms with E-state index in [4.69, 9.17) is 0 Å². The van der Waals surface area contributed by atoms with Crippen LogP contribution in [0.25, 0.3) is 16.9 Å². The van der Waals surface area contributed by atoms with E-state index in [1.807, 2.05) is 43.3 Å². The maximum Gasteiger partial charge on any atom is 0.255 e. The number of carbonyl (C=O) groups excluding carboxylic acids is 2. The number of likely N-dealkylation sites (N-methyl/N-ethyl adjacent to an activating group) is 1. The van der Waals surface area contributed by atoms with Crippen LogP contribution in [0.1, 0.15) is 24.2 Å². The molecule has 0 aliphatic heterocycles. The Kier molecular flexibility index (Phi) is 5.61. The molecule has 3 rings (SSSR count). The Balaban J connectivity index is 1.96. The Morgan fingerprint density at radius 1 is 1.15 bits per heavy atom. The third-order valence-corrected chi connectivity index (χ3v) is 4.01. The minimum Gasteiger partial charge on any atom is -0.355 e. The van der Waals surface area contributed by atoms with Crippen LogP contribution in [0.15, 0.2) is 61.1 Å². The molecule has 2 aromatic heterocycles. The van der Waals surface area contributed by atoms with Gasteiger partial charge in [-0.05, 0) is 38.1 Å². The molecule has 0 saturated carbocycles. The molecule has 0 saturated heterocycles. The van der Waals surface area contributed by atoms with Crippen LogP contribution in [0.4, 0.5) is 0 Å². The van der Waals surface area contributed by atoms with Gasteiger partial charge in [0, 0.05) is 30.7 Å². The predicted octanol–water partition coefficient (Wildman–Crippen LogP) is 2.19. The molecule has 138 valence electrons. The van der Waals surface area contributed by atoms with Crippen LogP contribution in [0, 0.1) is 0 Å². The van der Waals surface area contributed by atoms with E-state index in [0.717, 1.165) is 11.3 Å². The summed E-state index contributed by atoms with van der Waals surface area (Å²) >= 11 is 0. The lowest BCUT2D eigenvalue weighted by molar-refractivity contribution is -0.122. The summed E-state index contributed by atoms with van der Waals surface area (Å²) in [6.45, 7) is 3.98. The number of pyridine rings is 1. The molecule has 7 nitrogen and oxygen atoms in total. The quantitative estimate of drug-likeness (QED) is 0.703. The Labute approximate surface area is 157 Å². The second kappa shape index (κ2) is 8.27. The van der Waals surface area contributed by atoms with Gasteiger partial charge in [-0.1, -0.05) is 18.2 Å². The van der Waals surface area contributed by atoms with E-state index in [9.17, 15) is 9.59 Å². The molecule has 2 heterocycles. The number of para-hydroxylation sites is 1. The Morgan fingerprint density at radius 3 is 2.59 bits per heavy atom. The van der Waals surface area contributed by atoms with Crippen LogP contribution in [0.5, 0.6) is 0 Å². The van der Waals surface area contributed by atoms with E-state index < -0.39 is 6.04 Å². The van der Waals surface area contributed by atoms with Crippen LogP contribution in [0.2, 0.25) is 0 Å². The van der Waals surface area contributed by atoms with Gasteiger partial charge in [-0.25, -0.2) is 4.68 Å². The van der Waals surface area contributed by atoms with Crippen molar-refractivity contribution in [3.05, 3.63) is 66.6 Å². The first-order valence-corrected chi connectivity index (χ1v) is 8.74. The minimum absolute atomic E-state index is 0.232. The van der Waals surface area contributed by atoms with Gasteiger partial charge >= 0.3 is 0 Å². The summed E-state index contributed by atoms with van der Waals surface area (Å²) in [7, 11) is 0. The lowest BCUT2D eigenvalue weighted by Gasteiger charge is -2.13. The number of benzene rings is 1. The van der Waals surface area contributed by atoms with Crippen molar-refractivity contribution >= 4 is 11.8 Å². The fourth-order valence-electron chi connectivity index (χ4n) is 2.64. The van der Waals surface area contributed by atoms with E-state index in [0.29, 0.717) is 17.8 Å². The standard InChI is InChI=1S/C20H21N5O2/c1-3-22-19(26)14(2)23-20(27)17-13-25(16-9-5-4-6-10-16)24-18(17)15-8-7-11-21-12-15/h4-14H,3H2,1-2H3,(H,22,26)(H,23,27)/t14-/m0/s1. The van der Waals surface area contributed by atoms with Crippen molar-refractivity contribution in [3.63, 3.8) is 0 Å². The number of hydrogen-bond donors (Lipinski definition) is 2. The maximum atomic E-state index is 12.8. The minimum atomic E-state index is -0.653. The van der Waals surface area contributed by atoms with Crippen molar-refractivity contribution in [2.45, 2.75) is 19.9 Å². The summed E-state index contributed by atoms with van der Waals surface area (Å²) in [6, 6.07) is 12.5. The van der Waals surface area contributed by atoms with Crippen LogP contribution < -0.4 is 10.6 Å². The molecule has 2 N–H and O–H groups in total. The Morgan fingerprint density at radius 2 is 1.93 bits per heavy atom. The van der Waals surface area contributed by atoms with Crippen molar-refractivity contribution in [1.29, 1.82) is 0 Å². The molecule has 0 spiro atoms. The number of hydrogen-bond acceptors (Lipinski definition) is 4. The number of nitrogens with one attached hydrogen (secondary N) is 2. The van der Waals surface area contributed by atoms with Gasteiger partial charge in [-0.2, -0.15) is 5.10 Å². The predicted molar refractivity (Wildman–Crippen MR) is 102 cm³/mol. The number of nitrogens with zero attached hydrogens (tertiary/aromatic N) is 3. The summed E-state index contributed by atoms with van der Waals surface area (Å²) in [5.41, 5.74) is 2.44. The average Bonchev–Trinajstić information content (AvgIpc) is 3.15. The van der Waals surface area contributed by atoms with E-state index in [2.05, 4.69) is 20.7 Å². The van der Waals surface area contributed by atoms with E-state index in [1.54, 1.807) is 36.3 Å². The van der Waals surface area contributed by atoms with Crippen molar-refractivity contribution in [1.82, 2.24) is 25.4 Å². The summed E-state index contributed by atoms with van der Waals surface area (Å²) in [6.07, 6.45) is 4.98. The van der Waals surface area contributed by atoms with E-state index in [1.165, 1.54) is 0 Å². The number of aromatic nitrogens is 3. The highest BCUT2D eigenvalue weighted by Gasteiger charge is 2.22. The monoisotopic (exact) mass is 363 g/mol. The number of rotatable bonds is 6. The zero-order valence-electron chi connectivity index (χ0n) is 15.2. The van der Waals surface area contributed by atoms with Crippen LogP contribution >= 0.6 is 0 Å². The van der Waals surface area contributed by atoms with Crippen molar-refractivity contribution in [2.75, 3.05) is 6.54 Å². The summed E-state index contributed by atoms with van der Waals surface area (Å²) in [4.78, 5) is 28.9. The van der Waals surface area contributed by atoms with Gasteiger partial charge in [0.2, 0.25) is 5.91 Å². The highest BCUT2D eigenvalue weighted by molar-refractivity contribution is 6.01. The van der Waals surface area contributed by atoms with Crippen molar-refractivity contribution < 1.29 is 9.59 Å². The first kappa shape index (κ1) is 18.3. The molecule has 0 bridgehead atoms.